The third-order valence-electron chi connectivity index (χ3n) is 1.81. The largest absolute Gasteiger partial charge is 0.481 e. The van der Waals surface area contributed by atoms with Crippen molar-refractivity contribution in [2.24, 2.45) is 0 Å². The van der Waals surface area contributed by atoms with E-state index in [4.69, 9.17) is 4.74 Å². The van der Waals surface area contributed by atoms with Crippen LogP contribution in [0.1, 0.15) is 18.2 Å². The molecule has 0 aliphatic carbocycles. The normalized spacial score (nSPS) is 12.6. The van der Waals surface area contributed by atoms with Crippen molar-refractivity contribution in [2.45, 2.75) is 25.1 Å². The van der Waals surface area contributed by atoms with Crippen LogP contribution in [0.25, 0.3) is 0 Å². The van der Waals surface area contributed by atoms with Crippen molar-refractivity contribution in [3.05, 3.63) is 17.6 Å². The van der Waals surface area contributed by atoms with E-state index in [1.807, 2.05) is 6.92 Å². The van der Waals surface area contributed by atoms with Gasteiger partial charge in [-0.3, -0.25) is 0 Å². The Labute approximate surface area is 86.7 Å². The Morgan fingerprint density at radius 3 is 2.77 bits per heavy atom. The van der Waals surface area contributed by atoms with Crippen molar-refractivity contribution in [1.29, 1.82) is 0 Å². The first-order chi connectivity index (χ1) is 6.15. The summed E-state index contributed by atoms with van der Waals surface area (Å²) >= 11 is 3.49. The predicted molar refractivity (Wildman–Crippen MR) is 55.4 cm³/mol. The summed E-state index contributed by atoms with van der Waals surface area (Å²) in [7, 11) is 1.62. The van der Waals surface area contributed by atoms with Crippen molar-refractivity contribution in [3.63, 3.8) is 0 Å². The molecule has 1 atom stereocenters. The van der Waals surface area contributed by atoms with Crippen LogP contribution in [0.4, 0.5) is 0 Å². The van der Waals surface area contributed by atoms with Gasteiger partial charge in [-0.1, -0.05) is 22.9 Å². The lowest BCUT2D eigenvalue weighted by Gasteiger charge is -2.08. The van der Waals surface area contributed by atoms with Gasteiger partial charge in [0.15, 0.2) is 0 Å². The van der Waals surface area contributed by atoms with Gasteiger partial charge in [-0.2, -0.15) is 0 Å². The van der Waals surface area contributed by atoms with E-state index in [-0.39, 0.29) is 0 Å². The number of halogens is 1. The quantitative estimate of drug-likeness (QED) is 0.765. The molecule has 0 aliphatic heterocycles. The summed E-state index contributed by atoms with van der Waals surface area (Å²) in [6.45, 7) is 4.07. The third kappa shape index (κ3) is 2.66. The maximum absolute atomic E-state index is 5.10. The van der Waals surface area contributed by atoms with E-state index in [0.29, 0.717) is 10.7 Å². The Kier molecular flexibility index (Phi) is 3.66. The van der Waals surface area contributed by atoms with Gasteiger partial charge < -0.3 is 4.74 Å². The highest BCUT2D eigenvalue weighted by atomic mass is 79.9. The molecule has 0 saturated heterocycles. The van der Waals surface area contributed by atoms with Crippen LogP contribution < -0.4 is 4.74 Å². The van der Waals surface area contributed by atoms with Crippen molar-refractivity contribution in [3.8, 4) is 5.88 Å². The number of rotatable bonds is 3. The van der Waals surface area contributed by atoms with Gasteiger partial charge in [0, 0.05) is 16.8 Å². The minimum atomic E-state index is 0.422. The van der Waals surface area contributed by atoms with Crippen LogP contribution in [0.15, 0.2) is 6.33 Å². The Bertz CT molecular complexity index is 289. The molecule has 0 amide bonds. The number of ether oxygens (including phenoxy) is 1. The molecule has 13 heavy (non-hydrogen) atoms. The van der Waals surface area contributed by atoms with E-state index < -0.39 is 0 Å². The van der Waals surface area contributed by atoms with E-state index in [0.717, 1.165) is 17.7 Å². The maximum Gasteiger partial charge on any atom is 0.219 e. The zero-order valence-electron chi connectivity index (χ0n) is 8.04. The molecule has 0 saturated carbocycles. The minimum Gasteiger partial charge on any atom is -0.481 e. The van der Waals surface area contributed by atoms with Gasteiger partial charge in [-0.05, 0) is 6.92 Å². The first-order valence-corrected chi connectivity index (χ1v) is 5.05. The fourth-order valence-corrected chi connectivity index (χ4v) is 1.45. The Balaban J connectivity index is 2.94. The molecule has 1 aromatic rings. The topological polar surface area (TPSA) is 35.0 Å². The monoisotopic (exact) mass is 244 g/mol. The van der Waals surface area contributed by atoms with Gasteiger partial charge in [-0.25, -0.2) is 9.97 Å². The first kappa shape index (κ1) is 10.4. The van der Waals surface area contributed by atoms with Crippen LogP contribution in [0, 0.1) is 6.92 Å². The molecule has 0 spiro atoms. The Morgan fingerprint density at radius 2 is 2.23 bits per heavy atom. The van der Waals surface area contributed by atoms with Crippen LogP contribution in [0.5, 0.6) is 5.88 Å². The van der Waals surface area contributed by atoms with E-state index in [2.05, 4.69) is 32.8 Å². The number of nitrogens with zero attached hydrogens (tertiary/aromatic N) is 2. The summed E-state index contributed by atoms with van der Waals surface area (Å²) in [5.74, 6) is 0.665. The van der Waals surface area contributed by atoms with Crippen LogP contribution in [-0.4, -0.2) is 21.9 Å². The molecule has 3 nitrogen and oxygen atoms in total. The molecular formula is C9H13BrN2O. The summed E-state index contributed by atoms with van der Waals surface area (Å²) < 4.78 is 5.10. The van der Waals surface area contributed by atoms with Crippen LogP contribution in [0.3, 0.4) is 0 Å². The molecule has 1 unspecified atom stereocenters. The zero-order chi connectivity index (χ0) is 9.84. The van der Waals surface area contributed by atoms with Gasteiger partial charge in [0.25, 0.3) is 0 Å². The van der Waals surface area contributed by atoms with Crippen molar-refractivity contribution in [2.75, 3.05) is 7.11 Å². The highest BCUT2D eigenvalue weighted by Gasteiger charge is 2.08. The lowest BCUT2D eigenvalue weighted by atomic mass is 10.1. The summed E-state index contributed by atoms with van der Waals surface area (Å²) in [4.78, 5) is 8.64. The number of alkyl halides is 1. The van der Waals surface area contributed by atoms with Crippen LogP contribution >= 0.6 is 15.9 Å². The minimum absolute atomic E-state index is 0.422. The highest BCUT2D eigenvalue weighted by molar-refractivity contribution is 9.09. The first-order valence-electron chi connectivity index (χ1n) is 4.13. The van der Waals surface area contributed by atoms with Crippen molar-refractivity contribution < 1.29 is 4.74 Å². The van der Waals surface area contributed by atoms with Gasteiger partial charge >= 0.3 is 0 Å². The Hall–Kier alpha value is -0.640. The molecule has 1 heterocycles. The van der Waals surface area contributed by atoms with Gasteiger partial charge in [0.05, 0.1) is 12.8 Å². The SMILES string of the molecule is COc1ncnc(CC(C)Br)c1C. The smallest absolute Gasteiger partial charge is 0.219 e. The second-order valence-electron chi connectivity index (χ2n) is 2.94. The standard InChI is InChI=1S/C9H13BrN2O/c1-6(10)4-8-7(2)9(13-3)12-5-11-8/h5-6H,4H2,1-3H3. The summed E-state index contributed by atoms with van der Waals surface area (Å²) in [5, 5.41) is 0. The van der Waals surface area contributed by atoms with Crippen LogP contribution in [-0.2, 0) is 6.42 Å². The summed E-state index contributed by atoms with van der Waals surface area (Å²) in [5.41, 5.74) is 2.06. The fourth-order valence-electron chi connectivity index (χ4n) is 1.15. The molecule has 0 aromatic carbocycles. The number of hydrogen-bond acceptors (Lipinski definition) is 3. The lowest BCUT2D eigenvalue weighted by Crippen LogP contribution is -2.04. The lowest BCUT2D eigenvalue weighted by molar-refractivity contribution is 0.392. The fraction of sp³-hybridized carbons (Fsp3) is 0.556. The van der Waals surface area contributed by atoms with Crippen LogP contribution in [0.2, 0.25) is 0 Å². The molecule has 0 fully saturated rings. The molecule has 0 radical (unpaired) electrons. The molecule has 0 aliphatic rings. The molecule has 1 aromatic heterocycles. The Morgan fingerprint density at radius 1 is 1.54 bits per heavy atom. The average Bonchev–Trinajstić information content (AvgIpc) is 2.08. The second-order valence-corrected chi connectivity index (χ2v) is 4.50. The number of methoxy groups -OCH3 is 1. The maximum atomic E-state index is 5.10. The molecule has 4 heteroatoms. The third-order valence-corrected chi connectivity index (χ3v) is 2.13. The van der Waals surface area contributed by atoms with Crippen molar-refractivity contribution >= 4 is 15.9 Å². The highest BCUT2D eigenvalue weighted by Crippen LogP contribution is 2.18. The van der Waals surface area contributed by atoms with E-state index in [1.165, 1.54) is 6.33 Å². The van der Waals surface area contributed by atoms with Crippen molar-refractivity contribution in [1.82, 2.24) is 9.97 Å². The average molecular weight is 245 g/mol. The van der Waals surface area contributed by atoms with E-state index in [9.17, 15) is 0 Å². The zero-order valence-corrected chi connectivity index (χ0v) is 9.63. The summed E-state index contributed by atoms with van der Waals surface area (Å²) in [6.07, 6.45) is 2.43. The molecule has 0 bridgehead atoms. The number of aromatic nitrogens is 2. The van der Waals surface area contributed by atoms with E-state index in [1.54, 1.807) is 7.11 Å². The molecule has 0 N–H and O–H groups in total. The molecular weight excluding hydrogens is 232 g/mol. The predicted octanol–water partition coefficient (Wildman–Crippen LogP) is 2.12. The van der Waals surface area contributed by atoms with Gasteiger partial charge in [0.2, 0.25) is 5.88 Å². The molecule has 72 valence electrons. The second kappa shape index (κ2) is 4.56. The number of hydrogen-bond donors (Lipinski definition) is 0. The summed E-state index contributed by atoms with van der Waals surface area (Å²) in [6, 6.07) is 0. The molecule has 1 rings (SSSR count). The van der Waals surface area contributed by atoms with Gasteiger partial charge in [0.1, 0.15) is 6.33 Å². The van der Waals surface area contributed by atoms with Gasteiger partial charge in [-0.15, -0.1) is 0 Å². The van der Waals surface area contributed by atoms with E-state index >= 15 is 0 Å².